The van der Waals surface area contributed by atoms with Gasteiger partial charge in [0.2, 0.25) is 0 Å². The highest BCUT2D eigenvalue weighted by Crippen LogP contribution is 2.29. The SMILES string of the molecule is Cc1sc2nc(COc3ccc([N+](=O)[O-])cc3Cl)[nH]c(=O)c2c1C. The first-order valence-corrected chi connectivity index (χ1v) is 8.12. The predicted molar refractivity (Wildman–Crippen MR) is 92.2 cm³/mol. The highest BCUT2D eigenvalue weighted by molar-refractivity contribution is 7.18. The Morgan fingerprint density at radius 2 is 2.17 bits per heavy atom. The topological polar surface area (TPSA) is 98.1 Å². The van der Waals surface area contributed by atoms with Gasteiger partial charge in [-0.1, -0.05) is 11.6 Å². The number of benzene rings is 1. The lowest BCUT2D eigenvalue weighted by Crippen LogP contribution is -2.13. The standard InChI is InChI=1S/C15H12ClN3O4S/c1-7-8(2)24-15-13(7)14(20)17-12(18-15)6-23-11-4-3-9(19(21)22)5-10(11)16/h3-5H,6H2,1-2H3,(H,17,18,20). The van der Waals surface area contributed by atoms with Gasteiger partial charge < -0.3 is 9.72 Å². The highest BCUT2D eigenvalue weighted by Gasteiger charge is 2.13. The minimum atomic E-state index is -0.538. The molecule has 2 heterocycles. The summed E-state index contributed by atoms with van der Waals surface area (Å²) >= 11 is 7.42. The summed E-state index contributed by atoms with van der Waals surface area (Å²) in [7, 11) is 0. The molecule has 0 fully saturated rings. The number of thiophene rings is 1. The van der Waals surface area contributed by atoms with Crippen LogP contribution in [0.5, 0.6) is 5.75 Å². The van der Waals surface area contributed by atoms with Crippen LogP contribution < -0.4 is 10.3 Å². The molecule has 9 heteroatoms. The Hall–Kier alpha value is -2.45. The lowest BCUT2D eigenvalue weighted by molar-refractivity contribution is -0.384. The number of hydrogen-bond donors (Lipinski definition) is 1. The molecule has 0 spiro atoms. The van der Waals surface area contributed by atoms with Gasteiger partial charge in [-0.05, 0) is 25.5 Å². The molecule has 3 aromatic rings. The summed E-state index contributed by atoms with van der Waals surface area (Å²) in [6.07, 6.45) is 0. The van der Waals surface area contributed by atoms with Crippen molar-refractivity contribution in [2.75, 3.05) is 0 Å². The zero-order valence-electron chi connectivity index (χ0n) is 12.8. The normalized spacial score (nSPS) is 11.0. The Morgan fingerprint density at radius 1 is 1.42 bits per heavy atom. The van der Waals surface area contributed by atoms with Gasteiger partial charge in [-0.15, -0.1) is 11.3 Å². The summed E-state index contributed by atoms with van der Waals surface area (Å²) < 4.78 is 5.52. The first-order valence-electron chi connectivity index (χ1n) is 6.92. The summed E-state index contributed by atoms with van der Waals surface area (Å²) in [5, 5.41) is 11.4. The molecule has 0 saturated heterocycles. The number of nitro benzene ring substituents is 1. The fourth-order valence-corrected chi connectivity index (χ4v) is 3.51. The van der Waals surface area contributed by atoms with E-state index >= 15 is 0 Å². The Balaban J connectivity index is 1.86. The van der Waals surface area contributed by atoms with Gasteiger partial charge in [-0.3, -0.25) is 14.9 Å². The molecule has 0 atom stereocenters. The molecule has 0 unspecified atom stereocenters. The van der Waals surface area contributed by atoms with Crippen LogP contribution in [0, 0.1) is 24.0 Å². The van der Waals surface area contributed by atoms with E-state index in [1.54, 1.807) is 0 Å². The van der Waals surface area contributed by atoms with E-state index in [1.165, 1.54) is 29.5 Å². The first-order chi connectivity index (χ1) is 11.4. The van der Waals surface area contributed by atoms with Crippen LogP contribution in [0.25, 0.3) is 10.2 Å². The number of non-ortho nitro benzene ring substituents is 1. The van der Waals surface area contributed by atoms with Gasteiger partial charge in [0.1, 0.15) is 23.0 Å². The number of rotatable bonds is 4. The Kier molecular flexibility index (Phi) is 4.25. The minimum absolute atomic E-state index is 0.00128. The number of halogens is 1. The monoisotopic (exact) mass is 365 g/mol. The number of hydrogen-bond acceptors (Lipinski definition) is 6. The van der Waals surface area contributed by atoms with Crippen LogP contribution in [0.1, 0.15) is 16.3 Å². The molecule has 0 radical (unpaired) electrons. The first kappa shape index (κ1) is 16.4. The third kappa shape index (κ3) is 2.98. The quantitative estimate of drug-likeness (QED) is 0.561. The third-order valence-corrected chi connectivity index (χ3v) is 4.98. The summed E-state index contributed by atoms with van der Waals surface area (Å²) in [5.74, 6) is 0.645. The number of nitrogens with zero attached hydrogens (tertiary/aromatic N) is 2. The lowest BCUT2D eigenvalue weighted by Gasteiger charge is -2.07. The van der Waals surface area contributed by atoms with Gasteiger partial charge in [-0.25, -0.2) is 4.98 Å². The molecule has 0 aliphatic rings. The van der Waals surface area contributed by atoms with Gasteiger partial charge in [0.15, 0.2) is 0 Å². The molecule has 0 aliphatic carbocycles. The summed E-state index contributed by atoms with van der Waals surface area (Å²) in [6, 6.07) is 3.92. The van der Waals surface area contributed by atoms with Crippen LogP contribution in [-0.2, 0) is 6.61 Å². The number of H-pyrrole nitrogens is 1. The number of fused-ring (bicyclic) bond motifs is 1. The minimum Gasteiger partial charge on any atom is -0.484 e. The number of nitro groups is 1. The van der Waals surface area contributed by atoms with Gasteiger partial charge in [0.25, 0.3) is 11.2 Å². The van der Waals surface area contributed by atoms with Crippen molar-refractivity contribution in [3.05, 3.63) is 60.0 Å². The second-order valence-electron chi connectivity index (χ2n) is 5.14. The van der Waals surface area contributed by atoms with Gasteiger partial charge in [0.05, 0.1) is 15.3 Å². The highest BCUT2D eigenvalue weighted by atomic mass is 35.5. The molecule has 0 bridgehead atoms. The molecule has 2 aromatic heterocycles. The predicted octanol–water partition coefficient (Wildman–Crippen LogP) is 3.74. The fourth-order valence-electron chi connectivity index (χ4n) is 2.23. The van der Waals surface area contributed by atoms with Crippen molar-refractivity contribution in [2.45, 2.75) is 20.5 Å². The van der Waals surface area contributed by atoms with E-state index in [9.17, 15) is 14.9 Å². The average molecular weight is 366 g/mol. The van der Waals surface area contributed by atoms with Crippen molar-refractivity contribution >= 4 is 38.8 Å². The number of aryl methyl sites for hydroxylation is 2. The zero-order chi connectivity index (χ0) is 17.4. The van der Waals surface area contributed by atoms with E-state index in [0.717, 1.165) is 10.4 Å². The van der Waals surface area contributed by atoms with Crippen LogP contribution in [0.3, 0.4) is 0 Å². The van der Waals surface area contributed by atoms with E-state index in [-0.39, 0.29) is 28.6 Å². The number of nitrogens with one attached hydrogen (secondary N) is 1. The molecule has 0 aliphatic heterocycles. The van der Waals surface area contributed by atoms with Crippen molar-refractivity contribution < 1.29 is 9.66 Å². The second-order valence-corrected chi connectivity index (χ2v) is 6.75. The lowest BCUT2D eigenvalue weighted by atomic mass is 10.2. The maximum Gasteiger partial charge on any atom is 0.271 e. The van der Waals surface area contributed by atoms with Crippen LogP contribution in [0.15, 0.2) is 23.0 Å². The van der Waals surface area contributed by atoms with E-state index in [0.29, 0.717) is 16.0 Å². The van der Waals surface area contributed by atoms with Crippen LogP contribution in [0.2, 0.25) is 5.02 Å². The fraction of sp³-hybridized carbons (Fsp3) is 0.200. The summed E-state index contributed by atoms with van der Waals surface area (Å²) in [4.78, 5) is 31.1. The van der Waals surface area contributed by atoms with E-state index in [2.05, 4.69) is 9.97 Å². The van der Waals surface area contributed by atoms with Crippen LogP contribution in [0.4, 0.5) is 5.69 Å². The number of ether oxygens (including phenoxy) is 1. The van der Waals surface area contributed by atoms with Crippen molar-refractivity contribution in [2.24, 2.45) is 0 Å². The molecule has 1 aromatic carbocycles. The zero-order valence-corrected chi connectivity index (χ0v) is 14.3. The van der Waals surface area contributed by atoms with Crippen LogP contribution >= 0.6 is 22.9 Å². The molecule has 124 valence electrons. The van der Waals surface area contributed by atoms with Crippen LogP contribution in [-0.4, -0.2) is 14.9 Å². The van der Waals surface area contributed by atoms with Gasteiger partial charge in [-0.2, -0.15) is 0 Å². The average Bonchev–Trinajstić information content (AvgIpc) is 2.81. The molecule has 24 heavy (non-hydrogen) atoms. The Bertz CT molecular complexity index is 1010. The molecule has 0 saturated carbocycles. The largest absolute Gasteiger partial charge is 0.484 e. The molecular weight excluding hydrogens is 354 g/mol. The maximum atomic E-state index is 12.2. The van der Waals surface area contributed by atoms with Crippen molar-refractivity contribution in [3.63, 3.8) is 0 Å². The van der Waals surface area contributed by atoms with Crippen molar-refractivity contribution in [1.29, 1.82) is 0 Å². The third-order valence-electron chi connectivity index (χ3n) is 3.58. The van der Waals surface area contributed by atoms with Crippen molar-refractivity contribution in [1.82, 2.24) is 9.97 Å². The molecule has 0 amide bonds. The smallest absolute Gasteiger partial charge is 0.271 e. The summed E-state index contributed by atoms with van der Waals surface area (Å²) in [5.41, 5.74) is 0.592. The Labute approximate surface area is 145 Å². The molecule has 1 N–H and O–H groups in total. The van der Waals surface area contributed by atoms with Gasteiger partial charge in [0, 0.05) is 17.0 Å². The molecule has 3 rings (SSSR count). The summed E-state index contributed by atoms with van der Waals surface area (Å²) in [6.45, 7) is 3.82. The molecule has 7 nitrogen and oxygen atoms in total. The maximum absolute atomic E-state index is 12.2. The molecular formula is C15H12ClN3O4S. The van der Waals surface area contributed by atoms with E-state index in [4.69, 9.17) is 16.3 Å². The van der Waals surface area contributed by atoms with E-state index < -0.39 is 4.92 Å². The second kappa shape index (κ2) is 6.21. The number of aromatic amines is 1. The van der Waals surface area contributed by atoms with E-state index in [1.807, 2.05) is 13.8 Å². The number of aromatic nitrogens is 2. The van der Waals surface area contributed by atoms with Gasteiger partial charge >= 0.3 is 0 Å². The van der Waals surface area contributed by atoms with Crippen molar-refractivity contribution in [3.8, 4) is 5.75 Å². The Morgan fingerprint density at radius 3 is 2.83 bits per heavy atom.